The highest BCUT2D eigenvalue weighted by atomic mass is 16.5. The lowest BCUT2D eigenvalue weighted by molar-refractivity contribution is -0.130. The summed E-state index contributed by atoms with van der Waals surface area (Å²) in [5.74, 6) is -0.283. The average molecular weight is 263 g/mol. The van der Waals surface area contributed by atoms with E-state index in [0.717, 1.165) is 11.1 Å². The van der Waals surface area contributed by atoms with Gasteiger partial charge in [0, 0.05) is 5.57 Å². The van der Waals surface area contributed by atoms with Crippen molar-refractivity contribution >= 4 is 5.97 Å². The zero-order valence-electron chi connectivity index (χ0n) is 11.1. The second-order valence-electron chi connectivity index (χ2n) is 4.36. The van der Waals surface area contributed by atoms with Crippen LogP contribution in [0.3, 0.4) is 0 Å². The minimum absolute atomic E-state index is 0.250. The molecule has 0 saturated carbocycles. The second kappa shape index (κ2) is 5.85. The molecule has 0 heterocycles. The van der Waals surface area contributed by atoms with Gasteiger partial charge in [0.2, 0.25) is 0 Å². The van der Waals surface area contributed by atoms with Crippen molar-refractivity contribution in [1.29, 1.82) is 5.26 Å². The van der Waals surface area contributed by atoms with E-state index in [1.54, 1.807) is 19.1 Å². The van der Waals surface area contributed by atoms with Crippen molar-refractivity contribution < 1.29 is 9.53 Å². The van der Waals surface area contributed by atoms with E-state index in [9.17, 15) is 10.1 Å². The molecule has 0 aliphatic heterocycles. The number of ether oxygens (including phenoxy) is 1. The number of hydrogen-bond acceptors (Lipinski definition) is 3. The van der Waals surface area contributed by atoms with E-state index < -0.39 is 5.97 Å². The van der Waals surface area contributed by atoms with Gasteiger partial charge in [-0.3, -0.25) is 0 Å². The molecule has 0 bridgehead atoms. The molecule has 2 aromatic rings. The molecule has 0 unspecified atom stereocenters. The van der Waals surface area contributed by atoms with E-state index in [-0.39, 0.29) is 5.75 Å². The van der Waals surface area contributed by atoms with Crippen LogP contribution in [0.25, 0.3) is 11.1 Å². The first-order valence-electron chi connectivity index (χ1n) is 6.09. The molecule has 0 aliphatic rings. The molecule has 2 aromatic carbocycles. The van der Waals surface area contributed by atoms with Gasteiger partial charge in [0.05, 0.1) is 5.56 Å². The number of esters is 1. The highest BCUT2D eigenvalue weighted by molar-refractivity contribution is 5.89. The van der Waals surface area contributed by atoms with Crippen molar-refractivity contribution in [3.8, 4) is 22.9 Å². The van der Waals surface area contributed by atoms with Gasteiger partial charge in [0.25, 0.3) is 0 Å². The Morgan fingerprint density at radius 3 is 2.45 bits per heavy atom. The normalized spacial score (nSPS) is 9.60. The van der Waals surface area contributed by atoms with Crippen LogP contribution in [0.5, 0.6) is 5.75 Å². The minimum Gasteiger partial charge on any atom is -0.422 e. The number of carbonyl (C=O) groups excluding carboxylic acids is 1. The lowest BCUT2D eigenvalue weighted by atomic mass is 10.0. The van der Waals surface area contributed by atoms with Crippen LogP contribution in [-0.2, 0) is 4.79 Å². The van der Waals surface area contributed by atoms with Crippen LogP contribution >= 0.6 is 0 Å². The third kappa shape index (κ3) is 2.93. The number of nitrogens with zero attached hydrogens (tertiary/aromatic N) is 1. The van der Waals surface area contributed by atoms with Gasteiger partial charge in [0.15, 0.2) is 0 Å². The standard InChI is InChI=1S/C17H13NO2/c1-12(2)17(19)20-16-9-8-14(10-15(16)11-18)13-6-4-3-5-7-13/h3-10H,1H2,2H3. The van der Waals surface area contributed by atoms with Crippen molar-refractivity contribution in [3.05, 3.63) is 66.2 Å². The maximum Gasteiger partial charge on any atom is 0.338 e. The molecule has 3 heteroatoms. The van der Waals surface area contributed by atoms with Crippen LogP contribution in [0.4, 0.5) is 0 Å². The van der Waals surface area contributed by atoms with Crippen molar-refractivity contribution in [2.24, 2.45) is 0 Å². The second-order valence-corrected chi connectivity index (χ2v) is 4.36. The highest BCUT2D eigenvalue weighted by Gasteiger charge is 2.11. The Morgan fingerprint density at radius 1 is 1.15 bits per heavy atom. The van der Waals surface area contributed by atoms with E-state index in [4.69, 9.17) is 4.74 Å². The highest BCUT2D eigenvalue weighted by Crippen LogP contribution is 2.26. The van der Waals surface area contributed by atoms with Crippen molar-refractivity contribution in [3.63, 3.8) is 0 Å². The quantitative estimate of drug-likeness (QED) is 0.482. The van der Waals surface area contributed by atoms with Crippen LogP contribution in [0.2, 0.25) is 0 Å². The zero-order valence-corrected chi connectivity index (χ0v) is 11.1. The fraction of sp³-hybridized carbons (Fsp3) is 0.0588. The summed E-state index contributed by atoms with van der Waals surface area (Å²) in [4.78, 5) is 11.5. The van der Waals surface area contributed by atoms with Gasteiger partial charge >= 0.3 is 5.97 Å². The minimum atomic E-state index is -0.533. The molecule has 0 atom stereocenters. The van der Waals surface area contributed by atoms with Gasteiger partial charge in [-0.15, -0.1) is 0 Å². The van der Waals surface area contributed by atoms with E-state index >= 15 is 0 Å². The summed E-state index contributed by atoms with van der Waals surface area (Å²) in [6.07, 6.45) is 0. The predicted molar refractivity (Wildman–Crippen MR) is 77.0 cm³/mol. The largest absolute Gasteiger partial charge is 0.422 e. The molecule has 0 amide bonds. The van der Waals surface area contributed by atoms with E-state index in [2.05, 4.69) is 6.58 Å². The monoisotopic (exact) mass is 263 g/mol. The van der Waals surface area contributed by atoms with Crippen LogP contribution in [0.15, 0.2) is 60.7 Å². The lowest BCUT2D eigenvalue weighted by Crippen LogP contribution is -2.09. The van der Waals surface area contributed by atoms with Gasteiger partial charge in [-0.1, -0.05) is 43.0 Å². The SMILES string of the molecule is C=C(C)C(=O)Oc1ccc(-c2ccccc2)cc1C#N. The fourth-order valence-corrected chi connectivity index (χ4v) is 1.70. The fourth-order valence-electron chi connectivity index (χ4n) is 1.70. The van der Waals surface area contributed by atoms with Gasteiger partial charge in [-0.25, -0.2) is 4.79 Å². The molecule has 0 N–H and O–H groups in total. The molecule has 0 aromatic heterocycles. The molecule has 0 spiro atoms. The molecule has 0 saturated heterocycles. The third-order valence-corrected chi connectivity index (χ3v) is 2.76. The van der Waals surface area contributed by atoms with E-state index in [0.29, 0.717) is 11.1 Å². The Bertz CT molecular complexity index is 697. The summed E-state index contributed by atoms with van der Waals surface area (Å²) in [7, 11) is 0. The Hall–Kier alpha value is -2.86. The smallest absolute Gasteiger partial charge is 0.338 e. The molecule has 0 radical (unpaired) electrons. The van der Waals surface area contributed by atoms with Gasteiger partial charge < -0.3 is 4.74 Å². The molecule has 2 rings (SSSR count). The van der Waals surface area contributed by atoms with Gasteiger partial charge in [0.1, 0.15) is 11.8 Å². The van der Waals surface area contributed by atoms with Crippen molar-refractivity contribution in [2.75, 3.05) is 0 Å². The van der Waals surface area contributed by atoms with E-state index in [1.165, 1.54) is 0 Å². The molecular formula is C17H13NO2. The Morgan fingerprint density at radius 2 is 1.85 bits per heavy atom. The van der Waals surface area contributed by atoms with E-state index in [1.807, 2.05) is 42.5 Å². The molecule has 98 valence electrons. The third-order valence-electron chi connectivity index (χ3n) is 2.76. The summed E-state index contributed by atoms with van der Waals surface area (Å²) in [5.41, 5.74) is 2.51. The first-order chi connectivity index (χ1) is 9.61. The summed E-state index contributed by atoms with van der Waals surface area (Å²) in [6.45, 7) is 5.08. The number of hydrogen-bond donors (Lipinski definition) is 0. The maximum atomic E-state index is 11.5. The lowest BCUT2D eigenvalue weighted by Gasteiger charge is -2.08. The number of rotatable bonds is 3. The number of benzene rings is 2. The number of nitriles is 1. The molecule has 0 aliphatic carbocycles. The first kappa shape index (κ1) is 13.6. The van der Waals surface area contributed by atoms with Gasteiger partial charge in [-0.05, 0) is 30.2 Å². The molecule has 0 fully saturated rings. The first-order valence-corrected chi connectivity index (χ1v) is 6.09. The summed E-state index contributed by atoms with van der Waals surface area (Å²) < 4.78 is 5.13. The summed E-state index contributed by atoms with van der Waals surface area (Å²) in [5, 5.41) is 9.18. The topological polar surface area (TPSA) is 50.1 Å². The Kier molecular flexibility index (Phi) is 3.97. The summed E-state index contributed by atoms with van der Waals surface area (Å²) >= 11 is 0. The van der Waals surface area contributed by atoms with Crippen molar-refractivity contribution in [2.45, 2.75) is 6.92 Å². The molecular weight excluding hydrogens is 250 g/mol. The summed E-state index contributed by atoms with van der Waals surface area (Å²) in [6, 6.07) is 16.9. The van der Waals surface area contributed by atoms with Crippen LogP contribution in [-0.4, -0.2) is 5.97 Å². The van der Waals surface area contributed by atoms with Crippen molar-refractivity contribution in [1.82, 2.24) is 0 Å². The predicted octanol–water partition coefficient (Wildman–Crippen LogP) is 3.71. The van der Waals surface area contributed by atoms with Crippen LogP contribution in [0, 0.1) is 11.3 Å². The molecule has 3 nitrogen and oxygen atoms in total. The number of carbonyl (C=O) groups is 1. The Balaban J connectivity index is 2.37. The zero-order chi connectivity index (χ0) is 14.5. The molecule has 20 heavy (non-hydrogen) atoms. The van der Waals surface area contributed by atoms with Gasteiger partial charge in [-0.2, -0.15) is 5.26 Å². The van der Waals surface area contributed by atoms with Crippen LogP contribution in [0.1, 0.15) is 12.5 Å². The maximum absolute atomic E-state index is 11.5. The van der Waals surface area contributed by atoms with Crippen LogP contribution < -0.4 is 4.74 Å². The average Bonchev–Trinajstić information content (AvgIpc) is 2.48. The Labute approximate surface area is 117 Å².